The highest BCUT2D eigenvalue weighted by atomic mass is 35.5. The van der Waals surface area contributed by atoms with Crippen molar-refractivity contribution in [1.82, 2.24) is 10.1 Å². The maximum absolute atomic E-state index is 9.99. The third kappa shape index (κ3) is 2.94. The fraction of sp³-hybridized carbons (Fsp3) is 0.368. The molecule has 1 N–H and O–H groups in total. The van der Waals surface area contributed by atoms with Gasteiger partial charge in [-0.2, -0.15) is 0 Å². The molecule has 1 aliphatic heterocycles. The van der Waals surface area contributed by atoms with Crippen LogP contribution in [-0.4, -0.2) is 40.5 Å². The molecule has 1 aromatic carbocycles. The number of rotatable bonds is 3. The van der Waals surface area contributed by atoms with E-state index in [0.29, 0.717) is 29.4 Å². The van der Waals surface area contributed by atoms with Gasteiger partial charge in [0.25, 0.3) is 0 Å². The summed E-state index contributed by atoms with van der Waals surface area (Å²) in [4.78, 5) is 6.19. The Morgan fingerprint density at radius 1 is 1.23 bits per heavy atom. The van der Waals surface area contributed by atoms with Crippen LogP contribution >= 0.6 is 11.6 Å². The second-order valence-electron chi connectivity index (χ2n) is 6.66. The molecule has 7 heteroatoms. The number of benzene rings is 1. The van der Waals surface area contributed by atoms with Gasteiger partial charge in [-0.05, 0) is 32.0 Å². The number of anilines is 1. The molecule has 0 spiro atoms. The zero-order valence-corrected chi connectivity index (χ0v) is 15.4. The van der Waals surface area contributed by atoms with Crippen LogP contribution in [0.5, 0.6) is 0 Å². The molecule has 6 nitrogen and oxygen atoms in total. The maximum Gasteiger partial charge on any atom is 0.188 e. The number of hydrogen-bond acceptors (Lipinski definition) is 6. The number of nitrogens with zero attached hydrogens (tertiary/aromatic N) is 3. The highest BCUT2D eigenvalue weighted by Gasteiger charge is 2.28. The monoisotopic (exact) mass is 373 g/mol. The van der Waals surface area contributed by atoms with Gasteiger partial charge in [0, 0.05) is 36.6 Å². The van der Waals surface area contributed by atoms with Crippen molar-refractivity contribution in [2.24, 2.45) is 0 Å². The van der Waals surface area contributed by atoms with Crippen LogP contribution in [0.3, 0.4) is 0 Å². The topological polar surface area (TPSA) is 71.6 Å². The predicted octanol–water partition coefficient (Wildman–Crippen LogP) is 3.65. The molecular weight excluding hydrogens is 354 g/mol. The van der Waals surface area contributed by atoms with Crippen LogP contribution in [0.25, 0.3) is 22.2 Å². The van der Waals surface area contributed by atoms with Crippen LogP contribution in [0, 0.1) is 0 Å². The highest BCUT2D eigenvalue weighted by Crippen LogP contribution is 2.41. The summed E-state index contributed by atoms with van der Waals surface area (Å²) in [5.41, 5.74) is 3.65. The van der Waals surface area contributed by atoms with E-state index in [1.54, 1.807) is 12.4 Å². The molecule has 0 bridgehead atoms. The number of hydrogen-bond donors (Lipinski definition) is 1. The zero-order chi connectivity index (χ0) is 18.3. The molecule has 0 amide bonds. The van der Waals surface area contributed by atoms with E-state index in [2.05, 4.69) is 15.0 Å². The molecule has 0 aliphatic carbocycles. The van der Waals surface area contributed by atoms with E-state index < -0.39 is 0 Å². The molecule has 1 aliphatic rings. The second-order valence-corrected chi connectivity index (χ2v) is 7.04. The summed E-state index contributed by atoms with van der Waals surface area (Å²) in [6.45, 7) is 5.35. The van der Waals surface area contributed by atoms with E-state index in [0.717, 1.165) is 22.2 Å². The number of ether oxygens (including phenoxy) is 1. The van der Waals surface area contributed by atoms with Crippen LogP contribution in [0.1, 0.15) is 19.4 Å². The molecule has 3 heterocycles. The van der Waals surface area contributed by atoms with Crippen LogP contribution in [-0.2, 0) is 11.3 Å². The largest absolute Gasteiger partial charge is 0.392 e. The first-order valence-electron chi connectivity index (χ1n) is 8.61. The normalized spacial score (nSPS) is 20.7. The molecule has 26 heavy (non-hydrogen) atoms. The standard InChI is InChI=1S/C19H20ClN3O3/c1-11-8-23(9-12(2)25-11)18-14(10-24)7-15-17(13-3-5-21-6-4-13)22-26-19(15)16(18)20/h3-7,11-12,24H,8-10H2,1-2H3. The van der Waals surface area contributed by atoms with Gasteiger partial charge in [-0.3, -0.25) is 4.98 Å². The lowest BCUT2D eigenvalue weighted by Gasteiger charge is -2.38. The number of fused-ring (bicyclic) bond motifs is 1. The van der Waals surface area contributed by atoms with Crippen molar-refractivity contribution in [2.45, 2.75) is 32.7 Å². The molecule has 3 aromatic rings. The minimum Gasteiger partial charge on any atom is -0.392 e. The summed E-state index contributed by atoms with van der Waals surface area (Å²) in [7, 11) is 0. The summed E-state index contributed by atoms with van der Waals surface area (Å²) >= 11 is 6.72. The summed E-state index contributed by atoms with van der Waals surface area (Å²) < 4.78 is 11.4. The molecule has 2 atom stereocenters. The quantitative estimate of drug-likeness (QED) is 0.755. The molecular formula is C19H20ClN3O3. The van der Waals surface area contributed by atoms with Crippen molar-refractivity contribution < 1.29 is 14.4 Å². The van der Waals surface area contributed by atoms with Gasteiger partial charge in [0.2, 0.25) is 0 Å². The van der Waals surface area contributed by atoms with Crippen LogP contribution < -0.4 is 4.90 Å². The Bertz CT molecular complexity index is 919. The van der Waals surface area contributed by atoms with Gasteiger partial charge in [0.15, 0.2) is 5.58 Å². The minimum absolute atomic E-state index is 0.0826. The smallest absolute Gasteiger partial charge is 0.188 e. The van der Waals surface area contributed by atoms with Gasteiger partial charge in [0.05, 0.1) is 29.9 Å². The van der Waals surface area contributed by atoms with Crippen LogP contribution in [0.2, 0.25) is 5.02 Å². The van der Waals surface area contributed by atoms with E-state index in [9.17, 15) is 5.11 Å². The third-order valence-corrected chi connectivity index (χ3v) is 4.97. The Morgan fingerprint density at radius 3 is 2.58 bits per heavy atom. The van der Waals surface area contributed by atoms with Gasteiger partial charge in [0.1, 0.15) is 10.7 Å². The number of halogens is 1. The minimum atomic E-state index is -0.119. The lowest BCUT2D eigenvalue weighted by atomic mass is 10.0. The molecule has 1 fully saturated rings. The van der Waals surface area contributed by atoms with E-state index in [4.69, 9.17) is 20.9 Å². The van der Waals surface area contributed by atoms with E-state index in [-0.39, 0.29) is 18.8 Å². The van der Waals surface area contributed by atoms with Gasteiger partial charge in [-0.1, -0.05) is 16.8 Å². The average molecular weight is 374 g/mol. The predicted molar refractivity (Wildman–Crippen MR) is 100 cm³/mol. The fourth-order valence-electron chi connectivity index (χ4n) is 3.62. The van der Waals surface area contributed by atoms with Crippen molar-refractivity contribution in [3.05, 3.63) is 41.2 Å². The SMILES string of the molecule is CC1CN(c2c(CO)cc3c(-c4ccncc4)noc3c2Cl)CC(C)O1. The first-order valence-corrected chi connectivity index (χ1v) is 8.98. The van der Waals surface area contributed by atoms with Crippen molar-refractivity contribution in [3.63, 3.8) is 0 Å². The summed E-state index contributed by atoms with van der Waals surface area (Å²) in [5, 5.41) is 15.4. The second kappa shape index (κ2) is 6.87. The van der Waals surface area contributed by atoms with Crippen molar-refractivity contribution in [3.8, 4) is 11.3 Å². The summed E-state index contributed by atoms with van der Waals surface area (Å²) in [5.74, 6) is 0. The Hall–Kier alpha value is -2.15. The molecule has 1 saturated heterocycles. The molecule has 0 saturated carbocycles. The number of aliphatic hydroxyl groups excluding tert-OH is 1. The molecule has 0 radical (unpaired) electrons. The lowest BCUT2D eigenvalue weighted by Crippen LogP contribution is -2.46. The Kier molecular flexibility index (Phi) is 4.56. The van der Waals surface area contributed by atoms with Crippen LogP contribution in [0.15, 0.2) is 35.1 Å². The maximum atomic E-state index is 9.99. The first kappa shape index (κ1) is 17.3. The number of aromatic nitrogens is 2. The molecule has 136 valence electrons. The van der Waals surface area contributed by atoms with Crippen LogP contribution in [0.4, 0.5) is 5.69 Å². The Labute approximate surface area is 156 Å². The highest BCUT2D eigenvalue weighted by molar-refractivity contribution is 6.38. The number of pyridine rings is 1. The number of aliphatic hydroxyl groups is 1. The van der Waals surface area contributed by atoms with E-state index in [1.165, 1.54) is 0 Å². The fourth-order valence-corrected chi connectivity index (χ4v) is 4.00. The van der Waals surface area contributed by atoms with E-state index in [1.807, 2.05) is 32.0 Å². The Balaban J connectivity index is 1.86. The van der Waals surface area contributed by atoms with Gasteiger partial charge in [-0.15, -0.1) is 0 Å². The average Bonchev–Trinajstić information content (AvgIpc) is 3.05. The van der Waals surface area contributed by atoms with Gasteiger partial charge < -0.3 is 19.3 Å². The Morgan fingerprint density at radius 2 is 1.92 bits per heavy atom. The molecule has 2 aromatic heterocycles. The van der Waals surface area contributed by atoms with Gasteiger partial charge in [-0.25, -0.2) is 0 Å². The number of morpholine rings is 1. The zero-order valence-electron chi connectivity index (χ0n) is 14.6. The van der Waals surface area contributed by atoms with E-state index >= 15 is 0 Å². The van der Waals surface area contributed by atoms with Crippen molar-refractivity contribution in [1.29, 1.82) is 0 Å². The van der Waals surface area contributed by atoms with Crippen molar-refractivity contribution >= 4 is 28.3 Å². The van der Waals surface area contributed by atoms with Crippen molar-refractivity contribution in [2.75, 3.05) is 18.0 Å². The van der Waals surface area contributed by atoms with Gasteiger partial charge >= 0.3 is 0 Å². The molecule has 4 rings (SSSR count). The molecule has 2 unspecified atom stereocenters. The first-order chi connectivity index (χ1) is 12.6. The third-order valence-electron chi connectivity index (χ3n) is 4.62. The summed E-state index contributed by atoms with van der Waals surface area (Å²) in [6, 6.07) is 5.64. The summed E-state index contributed by atoms with van der Waals surface area (Å²) in [6.07, 6.45) is 3.57. The lowest BCUT2D eigenvalue weighted by molar-refractivity contribution is -0.00531.